The molecule has 0 atom stereocenters. The number of Topliss-reactive ketones (excluding diaryl/α,β-unsaturated/α-hetero) is 4. The molecule has 0 saturated carbocycles. The van der Waals surface area contributed by atoms with Crippen molar-refractivity contribution in [2.75, 3.05) is 0 Å². The molecule has 0 aliphatic heterocycles. The van der Waals surface area contributed by atoms with E-state index < -0.39 is 57.8 Å². The van der Waals surface area contributed by atoms with Gasteiger partial charge in [0.1, 0.15) is 36.4 Å². The number of hydrogen-bond donors (Lipinski definition) is 0. The second-order valence-corrected chi connectivity index (χ2v) is 20.5. The summed E-state index contributed by atoms with van der Waals surface area (Å²) in [4.78, 5) is 129. The number of allylic oxidation sites excluding steroid dienone is 2. The number of ether oxygens (including phenoxy) is 4. The molecule has 0 amide bonds. The average Bonchev–Trinajstić information content (AvgIpc) is 3.88. The van der Waals surface area contributed by atoms with Gasteiger partial charge in [0.15, 0.2) is 23.1 Å². The van der Waals surface area contributed by atoms with E-state index in [1.807, 2.05) is 0 Å². The topological polar surface area (TPSA) is 199 Å². The molecule has 78 heavy (non-hydrogen) atoms. The van der Waals surface area contributed by atoms with E-state index in [9.17, 15) is 19.2 Å². The lowest BCUT2D eigenvalue weighted by atomic mass is 9.79. The SMILES string of the molecule is O=C1C(=Cc2nc3c(s2)C2=C(c4sc(C=C5C(=O)c6ccccc6C5=O)nc4C2(C(=O)OCc2ccccc2)C(=O)OCc2ccccc2)C3(C(=O)OCc2ccccc2)C(=O)OCc2ccccc2)C(=O)c2ccccc21. The molecule has 0 spiro atoms. The molecule has 8 aromatic rings. The third kappa shape index (κ3) is 7.99. The minimum absolute atomic E-state index is 0.0668. The third-order valence-corrected chi connectivity index (χ3v) is 15.9. The number of nitrogens with zero attached hydrogens (tertiary/aromatic N) is 2. The fraction of sp³-hybridized carbons (Fsp3) is 0.0968. The smallest absolute Gasteiger partial charge is 0.334 e. The van der Waals surface area contributed by atoms with Crippen LogP contribution in [0.15, 0.2) is 181 Å². The standard InChI is InChI=1S/C62H38N2O12S2/c65-49-39-25-13-14-26-40(39)50(66)43(49)29-45-63-55-54(78-45)48-47(61(55,57(69)73-31-35-17-5-1-6-18-35)58(70)74-32-36-19-7-2-8-20-36)53-56(64-46(77-53)30-44-51(67)41-27-15-16-28-42(41)52(44)68)62(48,59(71)75-33-37-21-9-3-10-22-37)60(72)76-34-38-23-11-4-12-24-38/h1-30H,31-34H2. The molecule has 0 fully saturated rings. The number of esters is 4. The van der Waals surface area contributed by atoms with E-state index in [1.165, 1.54) is 36.4 Å². The summed E-state index contributed by atoms with van der Waals surface area (Å²) in [5.74, 6) is -7.32. The number of thiazole rings is 2. The maximum Gasteiger partial charge on any atom is 0.334 e. The van der Waals surface area contributed by atoms with E-state index in [2.05, 4.69) is 0 Å². The zero-order chi connectivity index (χ0) is 53.7. The van der Waals surface area contributed by atoms with Crippen LogP contribution >= 0.6 is 22.7 Å². The van der Waals surface area contributed by atoms with E-state index >= 15 is 19.2 Å². The lowest BCUT2D eigenvalue weighted by Gasteiger charge is -2.27. The lowest BCUT2D eigenvalue weighted by molar-refractivity contribution is -0.165. The highest BCUT2D eigenvalue weighted by Crippen LogP contribution is 2.66. The number of ketones is 4. The second kappa shape index (κ2) is 19.8. The Balaban J connectivity index is 1.13. The summed E-state index contributed by atoms with van der Waals surface area (Å²) < 4.78 is 24.7. The number of hydrogen-bond acceptors (Lipinski definition) is 16. The molecule has 14 nitrogen and oxygen atoms in total. The first-order valence-electron chi connectivity index (χ1n) is 24.4. The number of benzene rings is 6. The summed E-state index contributed by atoms with van der Waals surface area (Å²) in [6.07, 6.45) is 2.49. The summed E-state index contributed by atoms with van der Waals surface area (Å²) in [5, 5.41) is -0.134. The van der Waals surface area contributed by atoms with Crippen molar-refractivity contribution in [3.8, 4) is 0 Å². The number of carbonyl (C=O) groups excluding carboxylic acids is 8. The Hall–Kier alpha value is -9.64. The molecule has 6 aromatic carbocycles. The van der Waals surface area contributed by atoms with Crippen molar-refractivity contribution < 1.29 is 57.3 Å². The van der Waals surface area contributed by atoms with Crippen LogP contribution in [0.5, 0.6) is 0 Å². The van der Waals surface area contributed by atoms with Gasteiger partial charge in [-0.1, -0.05) is 170 Å². The van der Waals surface area contributed by atoms with E-state index in [4.69, 9.17) is 28.9 Å². The average molecular weight is 1070 g/mol. The van der Waals surface area contributed by atoms with Gasteiger partial charge in [-0.05, 0) is 34.4 Å². The fourth-order valence-electron chi connectivity index (χ4n) is 10.2. The number of fused-ring (bicyclic) bond motifs is 6. The summed E-state index contributed by atoms with van der Waals surface area (Å²) in [6, 6.07) is 47.2. The fourth-order valence-corrected chi connectivity index (χ4v) is 12.5. The molecule has 0 unspecified atom stereocenters. The predicted octanol–water partition coefficient (Wildman–Crippen LogP) is 9.91. The molecule has 4 aliphatic rings. The quantitative estimate of drug-likeness (QED) is 0.0328. The Labute approximate surface area is 452 Å². The zero-order valence-corrected chi connectivity index (χ0v) is 42.4. The number of carbonyl (C=O) groups is 8. The molecule has 0 radical (unpaired) electrons. The van der Waals surface area contributed by atoms with Crippen LogP contribution in [0.3, 0.4) is 0 Å². The van der Waals surface area contributed by atoms with Crippen molar-refractivity contribution in [1.82, 2.24) is 9.97 Å². The minimum atomic E-state index is -2.81. The van der Waals surface area contributed by atoms with Crippen LogP contribution in [0.1, 0.15) is 94.8 Å². The van der Waals surface area contributed by atoms with Crippen LogP contribution in [0.2, 0.25) is 0 Å². The van der Waals surface area contributed by atoms with Crippen molar-refractivity contribution >= 4 is 93.0 Å². The van der Waals surface area contributed by atoms with Crippen LogP contribution in [0, 0.1) is 0 Å². The maximum atomic E-state index is 15.9. The van der Waals surface area contributed by atoms with Gasteiger partial charge in [-0.2, -0.15) is 0 Å². The molecular formula is C62H38N2O12S2. The van der Waals surface area contributed by atoms with E-state index in [1.54, 1.807) is 146 Å². The monoisotopic (exact) mass is 1070 g/mol. The Kier molecular flexibility index (Phi) is 12.5. The Bertz CT molecular complexity index is 3530. The molecule has 16 heteroatoms. The Morgan fingerprint density at radius 1 is 0.372 bits per heavy atom. The van der Waals surface area contributed by atoms with E-state index in [0.29, 0.717) is 22.3 Å². The van der Waals surface area contributed by atoms with Crippen LogP contribution < -0.4 is 0 Å². The summed E-state index contributed by atoms with van der Waals surface area (Å²) >= 11 is 1.59. The van der Waals surface area contributed by atoms with E-state index in [-0.39, 0.29) is 102 Å². The van der Waals surface area contributed by atoms with Crippen molar-refractivity contribution in [3.05, 3.63) is 257 Å². The highest BCUT2D eigenvalue weighted by atomic mass is 32.1. The minimum Gasteiger partial charge on any atom is -0.459 e. The molecule has 0 N–H and O–H groups in total. The van der Waals surface area contributed by atoms with E-state index in [0.717, 1.165) is 22.7 Å². The van der Waals surface area contributed by atoms with Crippen molar-refractivity contribution in [2.45, 2.75) is 37.3 Å². The Morgan fingerprint density at radius 2 is 0.615 bits per heavy atom. The second-order valence-electron chi connectivity index (χ2n) is 18.5. The molecule has 380 valence electrons. The van der Waals surface area contributed by atoms with Gasteiger partial charge >= 0.3 is 23.9 Å². The third-order valence-electron chi connectivity index (χ3n) is 13.9. The highest BCUT2D eigenvalue weighted by Gasteiger charge is 2.73. The van der Waals surface area contributed by atoms with Crippen LogP contribution in [-0.2, 0) is 75.4 Å². The zero-order valence-electron chi connectivity index (χ0n) is 40.8. The van der Waals surface area contributed by atoms with Crippen molar-refractivity contribution in [3.63, 3.8) is 0 Å². The first-order valence-corrected chi connectivity index (χ1v) is 26.1. The number of rotatable bonds is 14. The maximum absolute atomic E-state index is 15.9. The van der Waals surface area contributed by atoms with Crippen LogP contribution in [-0.4, -0.2) is 57.0 Å². The predicted molar refractivity (Wildman–Crippen MR) is 286 cm³/mol. The molecule has 2 heterocycles. The van der Waals surface area contributed by atoms with Gasteiger partial charge in [0.2, 0.25) is 10.8 Å². The lowest BCUT2D eigenvalue weighted by Crippen LogP contribution is -2.46. The van der Waals surface area contributed by atoms with Gasteiger partial charge < -0.3 is 18.9 Å². The van der Waals surface area contributed by atoms with Gasteiger partial charge in [0.05, 0.1) is 32.3 Å². The number of aromatic nitrogens is 2. The summed E-state index contributed by atoms with van der Waals surface area (Å²) in [7, 11) is 0. The molecule has 2 aromatic heterocycles. The van der Waals surface area contributed by atoms with Crippen LogP contribution in [0.4, 0.5) is 0 Å². The van der Waals surface area contributed by atoms with Gasteiger partial charge in [0, 0.05) is 33.4 Å². The normalized spacial score (nSPS) is 15.0. The van der Waals surface area contributed by atoms with Gasteiger partial charge in [0.25, 0.3) is 0 Å². The molecule has 4 aliphatic carbocycles. The first kappa shape index (κ1) is 49.2. The summed E-state index contributed by atoms with van der Waals surface area (Å²) in [6.45, 7) is -1.52. The first-order chi connectivity index (χ1) is 38.0. The summed E-state index contributed by atoms with van der Waals surface area (Å²) in [5.41, 5.74) is -4.62. The highest BCUT2D eigenvalue weighted by molar-refractivity contribution is 7.16. The molecule has 12 rings (SSSR count). The van der Waals surface area contributed by atoms with Crippen LogP contribution in [0.25, 0.3) is 23.3 Å². The molecule has 0 bridgehead atoms. The van der Waals surface area contributed by atoms with Crippen molar-refractivity contribution in [1.29, 1.82) is 0 Å². The molecular weight excluding hydrogens is 1030 g/mol. The Morgan fingerprint density at radius 3 is 0.872 bits per heavy atom. The largest absolute Gasteiger partial charge is 0.459 e. The van der Waals surface area contributed by atoms with Gasteiger partial charge in [-0.3, -0.25) is 38.4 Å². The van der Waals surface area contributed by atoms with Gasteiger partial charge in [-0.25, -0.2) is 9.97 Å². The molecule has 0 saturated heterocycles. The van der Waals surface area contributed by atoms with Crippen molar-refractivity contribution in [2.24, 2.45) is 0 Å². The van der Waals surface area contributed by atoms with Gasteiger partial charge in [-0.15, -0.1) is 22.7 Å².